The van der Waals surface area contributed by atoms with Gasteiger partial charge in [0, 0.05) is 19.6 Å². The summed E-state index contributed by atoms with van der Waals surface area (Å²) in [6.45, 7) is 5.97. The number of likely N-dealkylation sites (N-methyl/N-ethyl adjacent to an activating group) is 1. The molecule has 2 atom stereocenters. The van der Waals surface area contributed by atoms with E-state index in [4.69, 9.17) is 14.3 Å². The number of benzene rings is 1. The molecule has 0 radical (unpaired) electrons. The van der Waals surface area contributed by atoms with Crippen LogP contribution in [0.25, 0.3) is 0 Å². The number of carbonyl (C=O) groups excluding carboxylic acids is 4. The van der Waals surface area contributed by atoms with Crippen LogP contribution in [0.3, 0.4) is 0 Å². The van der Waals surface area contributed by atoms with Gasteiger partial charge < -0.3 is 29.2 Å². The van der Waals surface area contributed by atoms with E-state index >= 15 is 0 Å². The van der Waals surface area contributed by atoms with Crippen LogP contribution in [0.1, 0.15) is 46.0 Å². The molecule has 3 saturated heterocycles. The molecule has 3 aliphatic heterocycles. The zero-order valence-electron chi connectivity index (χ0n) is 24.6. The monoisotopic (exact) mass is 624 g/mol. The number of piperidine rings is 1. The fourth-order valence-corrected chi connectivity index (χ4v) is 6.64. The molecule has 2 unspecified atom stereocenters. The largest absolute Gasteiger partial charge is 0.400 e. The van der Waals surface area contributed by atoms with Crippen molar-refractivity contribution in [3.63, 3.8) is 0 Å². The standard InChI is InChI=1S/C28H40N4O10S/c1-3-29(4-2)15-16-31(17-18-43(38,39)22-11-7-5-8-12-22)26(36)32-28(21-30-13-9-6-10-14-30)40-23(33)19-27(37,25(35)41-28)20-24(34)42-32/h5,7-8,11-12,37H,3-4,6,9-10,13-21H2,1-2H3. The van der Waals surface area contributed by atoms with E-state index in [2.05, 4.69) is 0 Å². The SMILES string of the molecule is CCN(CC)CCN(CCS(=O)(=O)c1ccccc1)C(=O)N1OC(=O)CC2(O)CC(=O)OC1(CN1CCCCC1)OC2=O. The van der Waals surface area contributed by atoms with Crippen LogP contribution in [-0.4, -0.2) is 127 Å². The van der Waals surface area contributed by atoms with Crippen LogP contribution >= 0.6 is 0 Å². The number of rotatable bonds is 11. The summed E-state index contributed by atoms with van der Waals surface area (Å²) in [6, 6.07) is 6.75. The van der Waals surface area contributed by atoms with Crippen molar-refractivity contribution in [1.82, 2.24) is 19.8 Å². The smallest absolute Gasteiger partial charge is 0.391 e. The Morgan fingerprint density at radius 2 is 1.58 bits per heavy atom. The maximum atomic E-state index is 14.3. The number of aliphatic hydroxyl groups is 1. The lowest BCUT2D eigenvalue weighted by Gasteiger charge is -2.44. The van der Waals surface area contributed by atoms with E-state index in [0.29, 0.717) is 37.8 Å². The van der Waals surface area contributed by atoms with E-state index in [0.717, 1.165) is 19.3 Å². The minimum absolute atomic E-state index is 0.0184. The topological polar surface area (TPSA) is 163 Å². The molecule has 14 nitrogen and oxygen atoms in total. The van der Waals surface area contributed by atoms with Gasteiger partial charge in [0.25, 0.3) is 0 Å². The molecule has 1 aromatic carbocycles. The van der Waals surface area contributed by atoms with Crippen molar-refractivity contribution >= 4 is 33.8 Å². The van der Waals surface area contributed by atoms with Crippen molar-refractivity contribution in [2.45, 2.75) is 62.4 Å². The quantitative estimate of drug-likeness (QED) is 0.344. The Labute approximate surface area is 251 Å². The minimum atomic E-state index is -3.82. The summed E-state index contributed by atoms with van der Waals surface area (Å²) in [5, 5.41) is 11.3. The molecular weight excluding hydrogens is 584 g/mol. The fraction of sp³-hybridized carbons (Fsp3) is 0.643. The molecule has 15 heteroatoms. The number of sulfone groups is 1. The number of carbonyl (C=O) groups is 4. The first-order chi connectivity index (χ1) is 20.4. The number of urea groups is 1. The number of nitrogens with zero attached hydrogens (tertiary/aromatic N) is 4. The van der Waals surface area contributed by atoms with E-state index in [9.17, 15) is 32.7 Å². The van der Waals surface area contributed by atoms with Crippen LogP contribution in [0.2, 0.25) is 0 Å². The van der Waals surface area contributed by atoms with Gasteiger partial charge in [-0.2, -0.15) is 0 Å². The highest BCUT2D eigenvalue weighted by atomic mass is 32.2. The Balaban J connectivity index is 1.71. The Morgan fingerprint density at radius 3 is 2.23 bits per heavy atom. The van der Waals surface area contributed by atoms with E-state index in [1.807, 2.05) is 23.6 Å². The first-order valence-corrected chi connectivity index (χ1v) is 16.3. The predicted molar refractivity (Wildman–Crippen MR) is 151 cm³/mol. The lowest BCUT2D eigenvalue weighted by Crippen LogP contribution is -2.66. The molecule has 2 amide bonds. The maximum Gasteiger partial charge on any atom is 0.391 e. The third-order valence-corrected chi connectivity index (χ3v) is 9.62. The Bertz CT molecular complexity index is 1290. The van der Waals surface area contributed by atoms with E-state index < -0.39 is 63.9 Å². The molecule has 0 aromatic heterocycles. The molecule has 3 fully saturated rings. The Kier molecular flexibility index (Phi) is 10.3. The molecular formula is C28H40N4O10S. The normalized spacial score (nSPS) is 24.9. The van der Waals surface area contributed by atoms with E-state index in [1.165, 1.54) is 17.0 Å². The average molecular weight is 625 g/mol. The lowest BCUT2D eigenvalue weighted by atomic mass is 9.96. The molecule has 0 aliphatic carbocycles. The van der Waals surface area contributed by atoms with Crippen molar-refractivity contribution in [3.05, 3.63) is 30.3 Å². The molecule has 238 valence electrons. The molecule has 0 spiro atoms. The maximum absolute atomic E-state index is 14.3. The second-order valence-corrected chi connectivity index (χ2v) is 13.1. The molecule has 0 saturated carbocycles. The molecule has 3 aliphatic rings. The molecule has 1 aromatic rings. The van der Waals surface area contributed by atoms with Crippen molar-refractivity contribution in [2.24, 2.45) is 0 Å². The van der Waals surface area contributed by atoms with Crippen LogP contribution in [0.15, 0.2) is 35.2 Å². The first kappa shape index (κ1) is 32.6. The number of likely N-dealkylation sites (tertiary alicyclic amines) is 1. The van der Waals surface area contributed by atoms with Gasteiger partial charge >= 0.3 is 29.9 Å². The summed E-state index contributed by atoms with van der Waals surface area (Å²) in [7, 11) is -3.82. The zero-order valence-corrected chi connectivity index (χ0v) is 25.4. The van der Waals surface area contributed by atoms with Gasteiger partial charge in [0.05, 0.1) is 23.5 Å². The molecule has 4 rings (SSSR count). The van der Waals surface area contributed by atoms with Crippen molar-refractivity contribution in [3.8, 4) is 0 Å². The number of fused-ring (bicyclic) bond motifs is 3. The minimum Gasteiger partial charge on any atom is -0.400 e. The van der Waals surface area contributed by atoms with Gasteiger partial charge in [-0.3, -0.25) is 9.69 Å². The molecule has 2 bridgehead atoms. The van der Waals surface area contributed by atoms with E-state index in [-0.39, 0.29) is 24.5 Å². The van der Waals surface area contributed by atoms with Crippen molar-refractivity contribution in [1.29, 1.82) is 0 Å². The molecule has 3 heterocycles. The summed E-state index contributed by atoms with van der Waals surface area (Å²) in [4.78, 5) is 63.9. The Hall–Kier alpha value is -3.27. The summed E-state index contributed by atoms with van der Waals surface area (Å²) < 4.78 is 37.5. The van der Waals surface area contributed by atoms with Crippen LogP contribution in [0.4, 0.5) is 4.79 Å². The summed E-state index contributed by atoms with van der Waals surface area (Å²) in [5.74, 6) is -6.53. The highest BCUT2D eigenvalue weighted by Crippen LogP contribution is 2.36. The highest BCUT2D eigenvalue weighted by Gasteiger charge is 2.61. The van der Waals surface area contributed by atoms with Gasteiger partial charge in [-0.05, 0) is 51.2 Å². The average Bonchev–Trinajstić information content (AvgIpc) is 3.03. The highest BCUT2D eigenvalue weighted by molar-refractivity contribution is 7.91. The van der Waals surface area contributed by atoms with Crippen LogP contribution < -0.4 is 0 Å². The zero-order chi connectivity index (χ0) is 31.3. The van der Waals surface area contributed by atoms with Crippen LogP contribution in [-0.2, 0) is 38.5 Å². The lowest BCUT2D eigenvalue weighted by molar-refractivity contribution is -0.352. The van der Waals surface area contributed by atoms with Crippen LogP contribution in [0.5, 0.6) is 0 Å². The predicted octanol–water partition coefficient (Wildman–Crippen LogP) is 0.749. The van der Waals surface area contributed by atoms with Crippen molar-refractivity contribution in [2.75, 3.05) is 58.1 Å². The van der Waals surface area contributed by atoms with E-state index in [1.54, 1.807) is 18.2 Å². The number of ether oxygens (including phenoxy) is 2. The number of hydroxylamine groups is 2. The van der Waals surface area contributed by atoms with Gasteiger partial charge in [0.2, 0.25) is 0 Å². The Morgan fingerprint density at radius 1 is 0.930 bits per heavy atom. The van der Waals surface area contributed by atoms with Gasteiger partial charge in [-0.15, -0.1) is 0 Å². The van der Waals surface area contributed by atoms with Gasteiger partial charge in [0.15, 0.2) is 15.4 Å². The van der Waals surface area contributed by atoms with Gasteiger partial charge in [0.1, 0.15) is 6.54 Å². The fourth-order valence-electron chi connectivity index (χ4n) is 5.37. The number of amides is 2. The van der Waals surface area contributed by atoms with Crippen molar-refractivity contribution < 1.29 is 47.0 Å². The third kappa shape index (κ3) is 7.63. The molecule has 43 heavy (non-hydrogen) atoms. The van der Waals surface area contributed by atoms with Gasteiger partial charge in [-0.25, -0.2) is 22.8 Å². The second-order valence-electron chi connectivity index (χ2n) is 11.0. The first-order valence-electron chi connectivity index (χ1n) is 14.6. The number of hydrogen-bond acceptors (Lipinski definition) is 12. The number of hydrogen-bond donors (Lipinski definition) is 1. The summed E-state index contributed by atoms with van der Waals surface area (Å²) in [6.07, 6.45) is 0.722. The summed E-state index contributed by atoms with van der Waals surface area (Å²) in [5.41, 5.74) is -2.53. The summed E-state index contributed by atoms with van der Waals surface area (Å²) >= 11 is 0. The molecule has 1 N–H and O–H groups in total. The van der Waals surface area contributed by atoms with Gasteiger partial charge in [-0.1, -0.05) is 43.5 Å². The number of esters is 2. The third-order valence-electron chi connectivity index (χ3n) is 7.91. The van der Waals surface area contributed by atoms with Crippen LogP contribution in [0, 0.1) is 0 Å². The second kappa shape index (κ2) is 13.6.